The van der Waals surface area contributed by atoms with E-state index in [-0.39, 0.29) is 5.41 Å². The molecule has 0 saturated heterocycles. The summed E-state index contributed by atoms with van der Waals surface area (Å²) in [5.74, 6) is 0. The number of hydrogen-bond donors (Lipinski definition) is 0. The van der Waals surface area contributed by atoms with Crippen LogP contribution in [0.4, 0.5) is 17.1 Å². The summed E-state index contributed by atoms with van der Waals surface area (Å²) < 4.78 is 0. The van der Waals surface area contributed by atoms with Crippen LogP contribution in [-0.4, -0.2) is 0 Å². The summed E-state index contributed by atoms with van der Waals surface area (Å²) in [7, 11) is 0. The molecule has 0 spiro atoms. The van der Waals surface area contributed by atoms with Crippen LogP contribution in [0.1, 0.15) is 23.6 Å². The van der Waals surface area contributed by atoms with Crippen LogP contribution in [0.3, 0.4) is 0 Å². The van der Waals surface area contributed by atoms with E-state index >= 15 is 0 Å². The lowest BCUT2D eigenvalue weighted by molar-refractivity contribution is 0.714. The summed E-state index contributed by atoms with van der Waals surface area (Å²) in [5.41, 5.74) is 18.9. The zero-order valence-corrected chi connectivity index (χ0v) is 36.2. The van der Waals surface area contributed by atoms with Crippen LogP contribution < -0.4 is 4.90 Å². The Hall–Kier alpha value is -8.26. The van der Waals surface area contributed by atoms with E-state index in [2.05, 4.69) is 267 Å². The van der Waals surface area contributed by atoms with Crippen molar-refractivity contribution < 1.29 is 0 Å². The summed E-state index contributed by atoms with van der Waals surface area (Å²) in [6.07, 6.45) is 0. The molecular formula is C64H45N. The summed E-state index contributed by atoms with van der Waals surface area (Å²) >= 11 is 0. The Labute approximate surface area is 381 Å². The molecular weight excluding hydrogens is 783 g/mol. The third kappa shape index (κ3) is 6.39. The Balaban J connectivity index is 1.21. The van der Waals surface area contributed by atoms with Gasteiger partial charge >= 0.3 is 0 Å². The van der Waals surface area contributed by atoms with Gasteiger partial charge < -0.3 is 4.90 Å². The van der Waals surface area contributed by atoms with Crippen LogP contribution in [0.5, 0.6) is 0 Å². The molecule has 1 aliphatic carbocycles. The molecule has 0 aliphatic heterocycles. The topological polar surface area (TPSA) is 3.24 Å². The number of hydrogen-bond acceptors (Lipinski definition) is 1. The van der Waals surface area contributed by atoms with Gasteiger partial charge in [-0.2, -0.15) is 0 Å². The Morgan fingerprint density at radius 1 is 0.292 bits per heavy atom. The first kappa shape index (κ1) is 38.4. The Morgan fingerprint density at radius 3 is 1.38 bits per heavy atom. The maximum absolute atomic E-state index is 2.54. The molecule has 11 aromatic carbocycles. The van der Waals surface area contributed by atoms with Gasteiger partial charge in [-0.15, -0.1) is 0 Å². The summed E-state index contributed by atoms with van der Waals surface area (Å²) in [5, 5.41) is 4.92. The summed E-state index contributed by atoms with van der Waals surface area (Å²) in [4.78, 5) is 2.54. The van der Waals surface area contributed by atoms with Gasteiger partial charge in [0, 0.05) is 22.4 Å². The third-order valence-electron chi connectivity index (χ3n) is 13.7. The average Bonchev–Trinajstić information content (AvgIpc) is 3.66. The second kappa shape index (κ2) is 15.8. The Bertz CT molecular complexity index is 3470. The van der Waals surface area contributed by atoms with Gasteiger partial charge in [-0.1, -0.05) is 218 Å². The zero-order valence-electron chi connectivity index (χ0n) is 36.2. The van der Waals surface area contributed by atoms with Crippen LogP contribution in [-0.2, 0) is 5.41 Å². The maximum atomic E-state index is 2.54. The molecule has 0 saturated carbocycles. The van der Waals surface area contributed by atoms with Gasteiger partial charge in [0.25, 0.3) is 0 Å². The van der Waals surface area contributed by atoms with E-state index < -0.39 is 0 Å². The minimum Gasteiger partial charge on any atom is -0.310 e. The molecule has 1 aliphatic rings. The highest BCUT2D eigenvalue weighted by Gasteiger charge is 2.42. The molecule has 0 amide bonds. The van der Waals surface area contributed by atoms with Crippen molar-refractivity contribution in [2.75, 3.05) is 4.90 Å². The number of anilines is 3. The second-order valence-corrected chi connectivity index (χ2v) is 17.3. The summed E-state index contributed by atoms with van der Waals surface area (Å²) in [6, 6.07) is 93.8. The van der Waals surface area contributed by atoms with Gasteiger partial charge in [-0.3, -0.25) is 0 Å². The van der Waals surface area contributed by atoms with Gasteiger partial charge in [0.05, 0.1) is 5.69 Å². The van der Waals surface area contributed by atoms with E-state index in [4.69, 9.17) is 0 Å². The molecule has 0 fully saturated rings. The van der Waals surface area contributed by atoms with Gasteiger partial charge in [-0.25, -0.2) is 0 Å². The van der Waals surface area contributed by atoms with Gasteiger partial charge in [0.1, 0.15) is 0 Å². The van der Waals surface area contributed by atoms with E-state index in [0.29, 0.717) is 0 Å². The highest BCUT2D eigenvalue weighted by molar-refractivity contribution is 6.22. The highest BCUT2D eigenvalue weighted by atomic mass is 15.1. The minimum absolute atomic E-state index is 0.358. The fraction of sp³-hybridized carbons (Fsp3) is 0.0312. The van der Waals surface area contributed by atoms with E-state index in [1.165, 1.54) is 82.7 Å². The van der Waals surface area contributed by atoms with Gasteiger partial charge in [-0.05, 0) is 132 Å². The molecule has 1 nitrogen and oxygen atoms in total. The highest BCUT2D eigenvalue weighted by Crippen LogP contribution is 2.57. The van der Waals surface area contributed by atoms with Crippen molar-refractivity contribution in [3.8, 4) is 55.6 Å². The largest absolute Gasteiger partial charge is 0.310 e. The molecule has 1 atom stereocenters. The number of nitrogens with zero attached hydrogens (tertiary/aromatic N) is 1. The van der Waals surface area contributed by atoms with E-state index in [0.717, 1.165) is 28.2 Å². The molecule has 306 valence electrons. The van der Waals surface area contributed by atoms with Crippen molar-refractivity contribution in [3.05, 3.63) is 271 Å². The van der Waals surface area contributed by atoms with Crippen LogP contribution in [0.25, 0.3) is 77.2 Å². The second-order valence-electron chi connectivity index (χ2n) is 17.3. The monoisotopic (exact) mass is 827 g/mol. The molecule has 0 radical (unpaired) electrons. The molecule has 0 aromatic heterocycles. The summed E-state index contributed by atoms with van der Waals surface area (Å²) in [6.45, 7) is 2.41. The smallest absolute Gasteiger partial charge is 0.0543 e. The van der Waals surface area contributed by atoms with E-state index in [1.54, 1.807) is 0 Å². The van der Waals surface area contributed by atoms with E-state index in [9.17, 15) is 0 Å². The van der Waals surface area contributed by atoms with Crippen molar-refractivity contribution in [2.24, 2.45) is 0 Å². The van der Waals surface area contributed by atoms with Crippen LogP contribution in [0, 0.1) is 0 Å². The Kier molecular flexibility index (Phi) is 9.35. The maximum Gasteiger partial charge on any atom is 0.0543 e. The molecule has 0 bridgehead atoms. The van der Waals surface area contributed by atoms with Crippen molar-refractivity contribution >= 4 is 38.6 Å². The quantitative estimate of drug-likeness (QED) is 0.138. The van der Waals surface area contributed by atoms with Gasteiger partial charge in [0.15, 0.2) is 0 Å². The van der Waals surface area contributed by atoms with Crippen molar-refractivity contribution in [1.29, 1.82) is 0 Å². The first-order valence-electron chi connectivity index (χ1n) is 22.6. The van der Waals surface area contributed by atoms with Crippen molar-refractivity contribution in [3.63, 3.8) is 0 Å². The number of benzene rings is 11. The SMILES string of the molecule is CC1(c2ccccc2)c2ccccc2-c2c(N(c3cc(-c4ccccc4)cc(-c4ccccc4)c3)c3ccc4c(c3)c(-c3ccccc3)c(-c3ccccc3)c3ccccc34)cccc21. The molecule has 65 heavy (non-hydrogen) atoms. The van der Waals surface area contributed by atoms with Gasteiger partial charge in [0.2, 0.25) is 0 Å². The zero-order chi connectivity index (χ0) is 43.3. The fourth-order valence-electron chi connectivity index (χ4n) is 10.7. The minimum atomic E-state index is -0.358. The number of fused-ring (bicyclic) bond motifs is 6. The van der Waals surface area contributed by atoms with Crippen molar-refractivity contribution in [1.82, 2.24) is 0 Å². The normalized spacial score (nSPS) is 14.0. The lowest BCUT2D eigenvalue weighted by Gasteiger charge is -2.31. The fourth-order valence-corrected chi connectivity index (χ4v) is 10.7. The first-order valence-corrected chi connectivity index (χ1v) is 22.6. The van der Waals surface area contributed by atoms with Crippen LogP contribution in [0.2, 0.25) is 0 Å². The predicted molar refractivity (Wildman–Crippen MR) is 275 cm³/mol. The lowest BCUT2D eigenvalue weighted by Crippen LogP contribution is -2.22. The predicted octanol–water partition coefficient (Wildman–Crippen LogP) is 17.5. The Morgan fingerprint density at radius 2 is 0.769 bits per heavy atom. The molecule has 0 heterocycles. The van der Waals surface area contributed by atoms with Crippen LogP contribution >= 0.6 is 0 Å². The third-order valence-corrected chi connectivity index (χ3v) is 13.7. The first-order chi connectivity index (χ1) is 32.1. The molecule has 11 aromatic rings. The van der Waals surface area contributed by atoms with Crippen LogP contribution in [0.15, 0.2) is 255 Å². The van der Waals surface area contributed by atoms with E-state index in [1.807, 2.05) is 0 Å². The molecule has 0 N–H and O–H groups in total. The average molecular weight is 828 g/mol. The van der Waals surface area contributed by atoms with Crippen molar-refractivity contribution in [2.45, 2.75) is 12.3 Å². The molecule has 1 unspecified atom stereocenters. The standard InChI is InChI=1S/C64H45N/c1-64(50-30-15-6-16-31-50)58-35-20-19-34-56(58)63-59(64)36-21-37-60(63)65(52-41-48(44-22-7-2-8-23-44)40-49(42-52)45-24-9-3-10-25-45)51-38-39-54-53-32-17-18-33-55(53)61(46-26-11-4-12-27-46)62(57(54)43-51)47-28-13-5-14-29-47/h2-43H,1H3. The molecule has 1 heteroatoms. The number of rotatable bonds is 8. The lowest BCUT2D eigenvalue weighted by atomic mass is 9.74. The molecule has 12 rings (SSSR count).